The maximum atomic E-state index is 12.3. The highest BCUT2D eigenvalue weighted by molar-refractivity contribution is 9.10. The Balaban J connectivity index is 2.03. The van der Waals surface area contributed by atoms with Gasteiger partial charge in [0, 0.05) is 28.1 Å². The summed E-state index contributed by atoms with van der Waals surface area (Å²) in [5.41, 5.74) is 2.99. The number of hydrogen-bond donors (Lipinski definition) is 1. The van der Waals surface area contributed by atoms with Gasteiger partial charge in [-0.05, 0) is 58.0 Å². The minimum atomic E-state index is -0.883. The van der Waals surface area contributed by atoms with Crippen molar-refractivity contribution in [3.63, 3.8) is 0 Å². The van der Waals surface area contributed by atoms with Crippen molar-refractivity contribution in [1.82, 2.24) is 4.57 Å². The molecule has 1 heterocycles. The molecule has 0 aliphatic heterocycles. The highest BCUT2D eigenvalue weighted by Crippen LogP contribution is 2.18. The lowest BCUT2D eigenvalue weighted by atomic mass is 10.2. The lowest BCUT2D eigenvalue weighted by molar-refractivity contribution is -0.123. The first-order valence-corrected chi connectivity index (χ1v) is 8.57. The SMILES string of the molecule is CCn1c(C)cc(C(=O)O[C@@H](C)C(=O)Nc2ccc(Br)cc2)c1C. The summed E-state index contributed by atoms with van der Waals surface area (Å²) >= 11 is 3.34. The van der Waals surface area contributed by atoms with Gasteiger partial charge in [-0.1, -0.05) is 15.9 Å². The van der Waals surface area contributed by atoms with E-state index in [-0.39, 0.29) is 5.91 Å². The third-order valence-electron chi connectivity index (χ3n) is 3.87. The largest absolute Gasteiger partial charge is 0.449 e. The summed E-state index contributed by atoms with van der Waals surface area (Å²) in [5, 5.41) is 2.73. The van der Waals surface area contributed by atoms with Crippen LogP contribution in [0.5, 0.6) is 0 Å². The summed E-state index contributed by atoms with van der Waals surface area (Å²) in [7, 11) is 0. The van der Waals surface area contributed by atoms with Crippen LogP contribution in [-0.2, 0) is 16.1 Å². The Bertz CT molecular complexity index is 750. The Kier molecular flexibility index (Phi) is 5.83. The molecule has 0 unspecified atom stereocenters. The molecule has 0 radical (unpaired) electrons. The number of esters is 1. The molecule has 24 heavy (non-hydrogen) atoms. The molecule has 1 amide bonds. The molecule has 128 valence electrons. The summed E-state index contributed by atoms with van der Waals surface area (Å²) in [6.45, 7) is 8.18. The molecule has 0 saturated heterocycles. The topological polar surface area (TPSA) is 60.3 Å². The molecule has 0 aliphatic rings. The van der Waals surface area contributed by atoms with E-state index in [0.717, 1.165) is 22.4 Å². The van der Waals surface area contributed by atoms with Crippen molar-refractivity contribution in [3.05, 3.63) is 51.8 Å². The van der Waals surface area contributed by atoms with Gasteiger partial charge in [-0.2, -0.15) is 0 Å². The average molecular weight is 393 g/mol. The lowest BCUT2D eigenvalue weighted by Crippen LogP contribution is -2.30. The van der Waals surface area contributed by atoms with Crippen molar-refractivity contribution in [2.45, 2.75) is 40.3 Å². The number of carbonyl (C=O) groups is 2. The molecule has 5 nitrogen and oxygen atoms in total. The Hall–Kier alpha value is -2.08. The molecule has 1 aromatic carbocycles. The standard InChI is InChI=1S/C18H21BrN2O3/c1-5-21-11(2)10-16(12(21)3)18(23)24-13(4)17(22)20-15-8-6-14(19)7-9-15/h6-10,13H,5H2,1-4H3,(H,20,22)/t13-/m0/s1. The number of benzene rings is 1. The first-order valence-electron chi connectivity index (χ1n) is 7.77. The quantitative estimate of drug-likeness (QED) is 0.779. The predicted molar refractivity (Wildman–Crippen MR) is 97.2 cm³/mol. The number of ether oxygens (including phenoxy) is 1. The fourth-order valence-corrected chi connectivity index (χ4v) is 2.81. The summed E-state index contributed by atoms with van der Waals surface area (Å²) in [6.07, 6.45) is -0.883. The molecule has 6 heteroatoms. The first kappa shape index (κ1) is 18.3. The number of anilines is 1. The molecule has 1 atom stereocenters. The third kappa shape index (κ3) is 4.06. The number of nitrogens with one attached hydrogen (secondary N) is 1. The van der Waals surface area contributed by atoms with Gasteiger partial charge in [-0.15, -0.1) is 0 Å². The molecule has 0 spiro atoms. The monoisotopic (exact) mass is 392 g/mol. The van der Waals surface area contributed by atoms with Crippen LogP contribution in [0.2, 0.25) is 0 Å². The van der Waals surface area contributed by atoms with Crippen LogP contribution in [0.3, 0.4) is 0 Å². The maximum absolute atomic E-state index is 12.3. The minimum absolute atomic E-state index is 0.366. The second-order valence-electron chi connectivity index (χ2n) is 5.57. The van der Waals surface area contributed by atoms with Crippen LogP contribution in [0.25, 0.3) is 0 Å². The number of rotatable bonds is 5. The lowest BCUT2D eigenvalue weighted by Gasteiger charge is -2.14. The summed E-state index contributed by atoms with van der Waals surface area (Å²) in [6, 6.07) is 8.98. The molecule has 0 saturated carbocycles. The van der Waals surface area contributed by atoms with Crippen LogP contribution in [0.15, 0.2) is 34.8 Å². The number of nitrogens with zero attached hydrogens (tertiary/aromatic N) is 1. The van der Waals surface area contributed by atoms with Crippen LogP contribution in [0, 0.1) is 13.8 Å². The highest BCUT2D eigenvalue weighted by atomic mass is 79.9. The normalized spacial score (nSPS) is 11.9. The van der Waals surface area contributed by atoms with Crippen molar-refractivity contribution >= 4 is 33.5 Å². The van der Waals surface area contributed by atoms with E-state index in [2.05, 4.69) is 21.2 Å². The molecular formula is C18H21BrN2O3. The number of hydrogen-bond acceptors (Lipinski definition) is 3. The molecule has 1 N–H and O–H groups in total. The predicted octanol–water partition coefficient (Wildman–Crippen LogP) is 4.07. The van der Waals surface area contributed by atoms with Crippen molar-refractivity contribution < 1.29 is 14.3 Å². The fraction of sp³-hybridized carbons (Fsp3) is 0.333. The van der Waals surface area contributed by atoms with Crippen LogP contribution >= 0.6 is 15.9 Å². The number of carbonyl (C=O) groups excluding carboxylic acids is 2. The van der Waals surface area contributed by atoms with E-state index < -0.39 is 12.1 Å². The third-order valence-corrected chi connectivity index (χ3v) is 4.40. The second kappa shape index (κ2) is 7.66. The van der Waals surface area contributed by atoms with Gasteiger partial charge in [0.2, 0.25) is 0 Å². The van der Waals surface area contributed by atoms with Crippen molar-refractivity contribution in [2.24, 2.45) is 0 Å². The van der Waals surface area contributed by atoms with Gasteiger partial charge in [0.25, 0.3) is 5.91 Å². The van der Waals surface area contributed by atoms with Gasteiger partial charge < -0.3 is 14.6 Å². The number of aromatic nitrogens is 1. The van der Waals surface area contributed by atoms with Crippen molar-refractivity contribution in [3.8, 4) is 0 Å². The zero-order chi connectivity index (χ0) is 17.9. The first-order chi connectivity index (χ1) is 11.3. The fourth-order valence-electron chi connectivity index (χ4n) is 2.55. The Morgan fingerprint density at radius 1 is 1.25 bits per heavy atom. The zero-order valence-corrected chi connectivity index (χ0v) is 15.8. The smallest absolute Gasteiger partial charge is 0.340 e. The van der Waals surface area contributed by atoms with Crippen LogP contribution in [-0.4, -0.2) is 22.5 Å². The Morgan fingerprint density at radius 2 is 1.88 bits per heavy atom. The molecular weight excluding hydrogens is 372 g/mol. The molecule has 2 rings (SSSR count). The molecule has 1 aromatic heterocycles. The zero-order valence-electron chi connectivity index (χ0n) is 14.2. The molecule has 0 aliphatic carbocycles. The van der Waals surface area contributed by atoms with E-state index in [0.29, 0.717) is 11.3 Å². The van der Waals surface area contributed by atoms with E-state index in [1.165, 1.54) is 0 Å². The van der Waals surface area contributed by atoms with Gasteiger partial charge in [-0.25, -0.2) is 4.79 Å². The van der Waals surface area contributed by atoms with E-state index >= 15 is 0 Å². The van der Waals surface area contributed by atoms with E-state index in [4.69, 9.17) is 4.74 Å². The Morgan fingerprint density at radius 3 is 2.42 bits per heavy atom. The second-order valence-corrected chi connectivity index (χ2v) is 6.49. The van der Waals surface area contributed by atoms with E-state index in [1.807, 2.05) is 37.5 Å². The van der Waals surface area contributed by atoms with Gasteiger partial charge in [0.1, 0.15) is 0 Å². The number of halogens is 1. The van der Waals surface area contributed by atoms with Gasteiger partial charge in [-0.3, -0.25) is 4.79 Å². The van der Waals surface area contributed by atoms with Gasteiger partial charge in [0.05, 0.1) is 5.56 Å². The molecule has 2 aromatic rings. The maximum Gasteiger partial charge on any atom is 0.340 e. The van der Waals surface area contributed by atoms with Crippen molar-refractivity contribution in [1.29, 1.82) is 0 Å². The summed E-state index contributed by atoms with van der Waals surface area (Å²) in [4.78, 5) is 24.5. The highest BCUT2D eigenvalue weighted by Gasteiger charge is 2.22. The summed E-state index contributed by atoms with van der Waals surface area (Å²) in [5.74, 6) is -0.851. The van der Waals surface area contributed by atoms with Crippen LogP contribution < -0.4 is 5.32 Å². The number of aryl methyl sites for hydroxylation is 1. The van der Waals surface area contributed by atoms with Gasteiger partial charge in [0.15, 0.2) is 6.10 Å². The molecule has 0 fully saturated rings. The minimum Gasteiger partial charge on any atom is -0.449 e. The van der Waals surface area contributed by atoms with Crippen LogP contribution in [0.4, 0.5) is 5.69 Å². The number of amides is 1. The van der Waals surface area contributed by atoms with Crippen molar-refractivity contribution in [2.75, 3.05) is 5.32 Å². The van der Waals surface area contributed by atoms with Crippen LogP contribution in [0.1, 0.15) is 35.6 Å². The molecule has 0 bridgehead atoms. The average Bonchev–Trinajstić information content (AvgIpc) is 2.83. The van der Waals surface area contributed by atoms with Gasteiger partial charge >= 0.3 is 5.97 Å². The summed E-state index contributed by atoms with van der Waals surface area (Å²) < 4.78 is 8.27. The Labute approximate surface area is 150 Å². The van der Waals surface area contributed by atoms with E-state index in [1.54, 1.807) is 25.1 Å². The van der Waals surface area contributed by atoms with E-state index in [9.17, 15) is 9.59 Å².